The van der Waals surface area contributed by atoms with E-state index >= 15 is 0 Å². The summed E-state index contributed by atoms with van der Waals surface area (Å²) in [6, 6.07) is 3.51. The first-order chi connectivity index (χ1) is 10.2. The minimum atomic E-state index is -0.768. The molecule has 1 saturated heterocycles. The lowest BCUT2D eigenvalue weighted by atomic mass is 9.86. The summed E-state index contributed by atoms with van der Waals surface area (Å²) in [4.78, 5) is 34.8. The molecular formula is C16H19FN2O3. The summed E-state index contributed by atoms with van der Waals surface area (Å²) in [6.45, 7) is 5.65. The van der Waals surface area contributed by atoms with Gasteiger partial charge >= 0.3 is 0 Å². The first-order valence-electron chi connectivity index (χ1n) is 7.13. The minimum absolute atomic E-state index is 0.148. The van der Waals surface area contributed by atoms with Crippen LogP contribution in [0.25, 0.3) is 0 Å². The first kappa shape index (κ1) is 16.1. The van der Waals surface area contributed by atoms with Crippen LogP contribution in [0.3, 0.4) is 0 Å². The highest BCUT2D eigenvalue weighted by atomic mass is 19.1. The smallest absolute Gasteiger partial charge is 0.252 e. The standard InChI is InChI=1S/C16H19FN2O3/c1-16(2,3)10-5-4-9(8-11(10)17)14(21)18-12-6-7-13(20)19-15(12)22/h4-5,8,12H,6-7H2,1-3H3,(H,18,21)(H,19,20,22). The molecule has 0 spiro atoms. The molecule has 0 radical (unpaired) electrons. The molecule has 2 N–H and O–H groups in total. The van der Waals surface area contributed by atoms with Crippen LogP contribution in [0.2, 0.25) is 0 Å². The minimum Gasteiger partial charge on any atom is -0.340 e. The van der Waals surface area contributed by atoms with Gasteiger partial charge in [0.25, 0.3) is 5.91 Å². The van der Waals surface area contributed by atoms with Gasteiger partial charge in [-0.1, -0.05) is 26.8 Å². The van der Waals surface area contributed by atoms with Crippen molar-refractivity contribution in [2.24, 2.45) is 0 Å². The summed E-state index contributed by atoms with van der Waals surface area (Å²) in [5.41, 5.74) is 0.308. The molecule has 1 aliphatic rings. The fourth-order valence-electron chi connectivity index (χ4n) is 2.34. The third-order valence-electron chi connectivity index (χ3n) is 3.58. The van der Waals surface area contributed by atoms with Gasteiger partial charge in [0.15, 0.2) is 0 Å². The van der Waals surface area contributed by atoms with Gasteiger partial charge in [0.2, 0.25) is 11.8 Å². The fourth-order valence-corrected chi connectivity index (χ4v) is 2.34. The maximum atomic E-state index is 14.1. The van der Waals surface area contributed by atoms with E-state index in [4.69, 9.17) is 0 Å². The molecule has 6 heteroatoms. The highest BCUT2D eigenvalue weighted by Gasteiger charge is 2.28. The lowest BCUT2D eigenvalue weighted by Gasteiger charge is -2.22. The van der Waals surface area contributed by atoms with Crippen LogP contribution in [0.5, 0.6) is 0 Å². The quantitative estimate of drug-likeness (QED) is 0.816. The van der Waals surface area contributed by atoms with E-state index in [1.54, 1.807) is 6.07 Å². The summed E-state index contributed by atoms with van der Waals surface area (Å²) in [5.74, 6) is -1.87. The fraction of sp³-hybridized carbons (Fsp3) is 0.438. The van der Waals surface area contributed by atoms with Crippen LogP contribution in [0.1, 0.15) is 49.5 Å². The Bertz CT molecular complexity index is 635. The summed E-state index contributed by atoms with van der Waals surface area (Å²) in [6.07, 6.45) is 0.424. The number of halogens is 1. The third-order valence-corrected chi connectivity index (χ3v) is 3.58. The zero-order valence-corrected chi connectivity index (χ0v) is 12.8. The highest BCUT2D eigenvalue weighted by molar-refractivity contribution is 6.03. The molecular weight excluding hydrogens is 287 g/mol. The average molecular weight is 306 g/mol. The van der Waals surface area contributed by atoms with E-state index in [1.165, 1.54) is 12.1 Å². The molecule has 1 heterocycles. The van der Waals surface area contributed by atoms with Gasteiger partial charge in [-0.05, 0) is 29.5 Å². The number of hydrogen-bond donors (Lipinski definition) is 2. The van der Waals surface area contributed by atoms with Crippen molar-refractivity contribution >= 4 is 17.7 Å². The van der Waals surface area contributed by atoms with Gasteiger partial charge in [-0.15, -0.1) is 0 Å². The van der Waals surface area contributed by atoms with Crippen LogP contribution < -0.4 is 10.6 Å². The van der Waals surface area contributed by atoms with Crippen molar-refractivity contribution in [2.75, 3.05) is 0 Å². The zero-order chi connectivity index (χ0) is 16.5. The second-order valence-electron chi connectivity index (χ2n) is 6.42. The molecule has 1 aromatic carbocycles. The van der Waals surface area contributed by atoms with Crippen molar-refractivity contribution < 1.29 is 18.8 Å². The van der Waals surface area contributed by atoms with Crippen molar-refractivity contribution in [1.82, 2.24) is 10.6 Å². The average Bonchev–Trinajstić information content (AvgIpc) is 2.40. The van der Waals surface area contributed by atoms with Crippen molar-refractivity contribution in [3.8, 4) is 0 Å². The summed E-state index contributed by atoms with van der Waals surface area (Å²) >= 11 is 0. The number of benzene rings is 1. The molecule has 1 aliphatic heterocycles. The Morgan fingerprint density at radius 3 is 2.55 bits per heavy atom. The Morgan fingerprint density at radius 1 is 1.32 bits per heavy atom. The maximum absolute atomic E-state index is 14.1. The Labute approximate surface area is 128 Å². The Morgan fingerprint density at radius 2 is 2.00 bits per heavy atom. The summed E-state index contributed by atoms with van der Waals surface area (Å²) in [7, 11) is 0. The number of carbonyl (C=O) groups is 3. The largest absolute Gasteiger partial charge is 0.340 e. The molecule has 2 rings (SSSR count). The van der Waals surface area contributed by atoms with Gasteiger partial charge in [0.1, 0.15) is 11.9 Å². The topological polar surface area (TPSA) is 75.3 Å². The van der Waals surface area contributed by atoms with E-state index in [-0.39, 0.29) is 29.7 Å². The van der Waals surface area contributed by atoms with Gasteiger partial charge in [-0.2, -0.15) is 0 Å². The first-order valence-corrected chi connectivity index (χ1v) is 7.13. The Hall–Kier alpha value is -2.24. The van der Waals surface area contributed by atoms with Gasteiger partial charge < -0.3 is 5.32 Å². The van der Waals surface area contributed by atoms with Crippen molar-refractivity contribution in [3.63, 3.8) is 0 Å². The van der Waals surface area contributed by atoms with Crippen molar-refractivity contribution in [2.45, 2.75) is 45.1 Å². The lowest BCUT2D eigenvalue weighted by Crippen LogP contribution is -2.52. The lowest BCUT2D eigenvalue weighted by molar-refractivity contribution is -0.134. The van der Waals surface area contributed by atoms with Gasteiger partial charge in [0.05, 0.1) is 0 Å². The molecule has 1 aromatic rings. The molecule has 0 aromatic heterocycles. The monoisotopic (exact) mass is 306 g/mol. The second kappa shape index (κ2) is 5.87. The summed E-state index contributed by atoms with van der Waals surface area (Å²) < 4.78 is 14.1. The molecule has 1 fully saturated rings. The SMILES string of the molecule is CC(C)(C)c1ccc(C(=O)NC2CCC(=O)NC2=O)cc1F. The zero-order valence-electron chi connectivity index (χ0n) is 12.8. The van der Waals surface area contributed by atoms with Crippen LogP contribution in [-0.4, -0.2) is 23.8 Å². The predicted molar refractivity (Wildman–Crippen MR) is 78.7 cm³/mol. The van der Waals surface area contributed by atoms with Crippen LogP contribution >= 0.6 is 0 Å². The molecule has 1 atom stereocenters. The van der Waals surface area contributed by atoms with Crippen LogP contribution in [0, 0.1) is 5.82 Å². The molecule has 5 nitrogen and oxygen atoms in total. The number of rotatable bonds is 2. The van der Waals surface area contributed by atoms with Crippen LogP contribution in [0.15, 0.2) is 18.2 Å². The Balaban J connectivity index is 2.12. The van der Waals surface area contributed by atoms with E-state index in [2.05, 4.69) is 10.6 Å². The maximum Gasteiger partial charge on any atom is 0.252 e. The van der Waals surface area contributed by atoms with E-state index in [9.17, 15) is 18.8 Å². The number of carbonyl (C=O) groups excluding carboxylic acids is 3. The molecule has 0 aliphatic carbocycles. The van der Waals surface area contributed by atoms with Crippen LogP contribution in [-0.2, 0) is 15.0 Å². The molecule has 22 heavy (non-hydrogen) atoms. The molecule has 0 saturated carbocycles. The Kier molecular flexibility index (Phi) is 4.30. The third kappa shape index (κ3) is 3.50. The van der Waals surface area contributed by atoms with Gasteiger partial charge in [-0.3, -0.25) is 19.7 Å². The second-order valence-corrected chi connectivity index (χ2v) is 6.42. The van der Waals surface area contributed by atoms with Crippen LogP contribution in [0.4, 0.5) is 4.39 Å². The van der Waals surface area contributed by atoms with E-state index in [0.717, 1.165) is 0 Å². The molecule has 1 unspecified atom stereocenters. The number of imide groups is 1. The predicted octanol–water partition coefficient (Wildman–Crippen LogP) is 1.66. The van der Waals surface area contributed by atoms with Gasteiger partial charge in [-0.25, -0.2) is 4.39 Å². The van der Waals surface area contributed by atoms with Gasteiger partial charge in [0, 0.05) is 12.0 Å². The number of nitrogens with one attached hydrogen (secondary N) is 2. The molecule has 0 bridgehead atoms. The number of amides is 3. The van der Waals surface area contributed by atoms with E-state index in [1.807, 2.05) is 20.8 Å². The van der Waals surface area contributed by atoms with Crippen molar-refractivity contribution in [1.29, 1.82) is 0 Å². The normalized spacial score (nSPS) is 18.8. The summed E-state index contributed by atoms with van der Waals surface area (Å²) in [5, 5.41) is 4.68. The molecule has 3 amide bonds. The van der Waals surface area contributed by atoms with E-state index in [0.29, 0.717) is 5.56 Å². The number of piperidine rings is 1. The molecule has 118 valence electrons. The number of hydrogen-bond acceptors (Lipinski definition) is 3. The van der Waals surface area contributed by atoms with Crippen molar-refractivity contribution in [3.05, 3.63) is 35.1 Å². The van der Waals surface area contributed by atoms with E-state index < -0.39 is 23.7 Å². The highest BCUT2D eigenvalue weighted by Crippen LogP contribution is 2.25.